The Morgan fingerprint density at radius 3 is 2.10 bits per heavy atom. The average molecular weight is 310 g/mol. The van der Waals surface area contributed by atoms with Gasteiger partial charge in [-0.3, -0.25) is 4.79 Å². The summed E-state index contributed by atoms with van der Waals surface area (Å²) in [6.45, 7) is 5.52. The van der Waals surface area contributed by atoms with Gasteiger partial charge in [0.1, 0.15) is 7.37 Å². The van der Waals surface area contributed by atoms with E-state index in [2.05, 4.69) is 0 Å². The molecule has 104 valence electrons. The van der Waals surface area contributed by atoms with Gasteiger partial charge in [0, 0.05) is 10.9 Å². The van der Waals surface area contributed by atoms with Gasteiger partial charge in [-0.1, -0.05) is 42.5 Å². The number of hydrogen-bond donors (Lipinski definition) is 0. The summed E-state index contributed by atoms with van der Waals surface area (Å²) < 4.78 is 12.5. The van der Waals surface area contributed by atoms with Crippen LogP contribution in [0.3, 0.4) is 0 Å². The summed E-state index contributed by atoms with van der Waals surface area (Å²) in [5, 5.41) is 0.120. The van der Waals surface area contributed by atoms with E-state index in [0.717, 1.165) is 11.1 Å². The van der Waals surface area contributed by atoms with Gasteiger partial charge in [-0.15, -0.1) is 0 Å². The van der Waals surface area contributed by atoms with Crippen LogP contribution in [0.15, 0.2) is 42.5 Å². The molecule has 0 aliphatic rings. The third-order valence-electron chi connectivity index (χ3n) is 3.63. The second-order valence-electron chi connectivity index (χ2n) is 4.87. The summed E-state index contributed by atoms with van der Waals surface area (Å²) in [6.07, 6.45) is 0. The van der Waals surface area contributed by atoms with Crippen molar-refractivity contribution in [2.24, 2.45) is 0 Å². The van der Waals surface area contributed by atoms with Crippen molar-refractivity contribution < 1.29 is 43.8 Å². The summed E-state index contributed by atoms with van der Waals surface area (Å²) in [4.78, 5) is 24.7. The first-order chi connectivity index (χ1) is 9.35. The largest absolute Gasteiger partial charge is 1.00 e. The van der Waals surface area contributed by atoms with E-state index in [1.54, 1.807) is 31.2 Å². The zero-order valence-electron chi connectivity index (χ0n) is 12.7. The van der Waals surface area contributed by atoms with Crippen LogP contribution in [0.1, 0.15) is 27.0 Å². The molecule has 3 nitrogen and oxygen atoms in total. The molecule has 1 unspecified atom stereocenters. The topological polar surface area (TPSA) is 57.2 Å². The van der Waals surface area contributed by atoms with Crippen LogP contribution in [0.5, 0.6) is 0 Å². The summed E-state index contributed by atoms with van der Waals surface area (Å²) in [7, 11) is -4.33. The van der Waals surface area contributed by atoms with Crippen LogP contribution in [-0.4, -0.2) is 5.52 Å². The fraction of sp³-hybridized carbons (Fsp3) is 0.188. The van der Waals surface area contributed by atoms with Gasteiger partial charge in [0.05, 0.1) is 0 Å². The predicted octanol–water partition coefficient (Wildman–Crippen LogP) is -0.280. The fourth-order valence-corrected chi connectivity index (χ4v) is 3.71. The Hall–Kier alpha value is -0.700. The van der Waals surface area contributed by atoms with Crippen LogP contribution < -0.4 is 39.8 Å². The van der Waals surface area contributed by atoms with E-state index in [1.807, 2.05) is 13.8 Å². The van der Waals surface area contributed by atoms with Crippen LogP contribution in [-0.2, 0) is 4.57 Å². The second-order valence-corrected chi connectivity index (χ2v) is 6.87. The maximum Gasteiger partial charge on any atom is 1.00 e. The number of aryl methyl sites for hydroxylation is 1. The van der Waals surface area contributed by atoms with Gasteiger partial charge in [0.2, 0.25) is 5.52 Å². The van der Waals surface area contributed by atoms with Crippen molar-refractivity contribution in [1.82, 2.24) is 0 Å². The Morgan fingerprint density at radius 1 is 0.952 bits per heavy atom. The molecular weight excluding hydrogens is 294 g/mol. The monoisotopic (exact) mass is 310 g/mol. The van der Waals surface area contributed by atoms with Crippen LogP contribution in [0.2, 0.25) is 0 Å². The smallest absolute Gasteiger partial charge is 0.790 e. The molecule has 0 aliphatic carbocycles. The number of carbonyl (C=O) groups is 1. The van der Waals surface area contributed by atoms with Crippen molar-refractivity contribution in [3.63, 3.8) is 0 Å². The molecule has 0 saturated heterocycles. The molecule has 0 heterocycles. The van der Waals surface area contributed by atoms with Crippen molar-refractivity contribution >= 4 is 18.2 Å². The van der Waals surface area contributed by atoms with Gasteiger partial charge >= 0.3 is 29.6 Å². The van der Waals surface area contributed by atoms with Gasteiger partial charge in [0.25, 0.3) is 0 Å². The molecule has 0 spiro atoms. The van der Waals surface area contributed by atoms with Crippen molar-refractivity contribution in [1.29, 1.82) is 0 Å². The second kappa shape index (κ2) is 7.04. The minimum atomic E-state index is -4.33. The summed E-state index contributed by atoms with van der Waals surface area (Å²) in [6, 6.07) is 11.3. The Balaban J connectivity index is 0.00000220. The van der Waals surface area contributed by atoms with E-state index in [9.17, 15) is 14.3 Å². The third kappa shape index (κ3) is 3.56. The zero-order valence-corrected chi connectivity index (χ0v) is 15.6. The summed E-state index contributed by atoms with van der Waals surface area (Å²) in [5.41, 5.74) is 1.93. The van der Waals surface area contributed by atoms with E-state index in [1.165, 1.54) is 18.2 Å². The van der Waals surface area contributed by atoms with Crippen LogP contribution in [0.25, 0.3) is 0 Å². The molecule has 0 amide bonds. The minimum Gasteiger partial charge on any atom is -0.790 e. The average Bonchev–Trinajstić information content (AvgIpc) is 2.44. The van der Waals surface area contributed by atoms with Crippen molar-refractivity contribution in [2.75, 3.05) is 0 Å². The first-order valence-electron chi connectivity index (χ1n) is 6.34. The van der Waals surface area contributed by atoms with Gasteiger partial charge < -0.3 is 9.46 Å². The van der Waals surface area contributed by atoms with E-state index in [-0.39, 0.29) is 40.4 Å². The molecule has 0 bridgehead atoms. The van der Waals surface area contributed by atoms with Crippen LogP contribution in [0, 0.1) is 20.8 Å². The van der Waals surface area contributed by atoms with Gasteiger partial charge in [-0.05, 0) is 37.5 Å². The van der Waals surface area contributed by atoms with Crippen LogP contribution >= 0.6 is 7.37 Å². The zero-order chi connectivity index (χ0) is 14.9. The van der Waals surface area contributed by atoms with E-state index in [0.29, 0.717) is 5.56 Å². The maximum atomic E-state index is 12.5. The van der Waals surface area contributed by atoms with Crippen molar-refractivity contribution in [3.05, 3.63) is 64.7 Å². The number of hydrogen-bond acceptors (Lipinski definition) is 3. The Kier molecular flexibility index (Phi) is 6.15. The van der Waals surface area contributed by atoms with Gasteiger partial charge in [-0.2, -0.15) is 0 Å². The number of carbonyl (C=O) groups excluding carboxylic acids is 1. The number of rotatable bonds is 3. The van der Waals surface area contributed by atoms with Gasteiger partial charge in [-0.25, -0.2) is 0 Å². The standard InChI is InChI=1S/C16H17O3P.Na/c1-11-9-10-15(13(3)12(11)2)20(18,19)16(17)14-7-5-4-6-8-14;/h4-10H,1-3H3,(H,18,19);/q;+1/p-1. The van der Waals surface area contributed by atoms with E-state index in [4.69, 9.17) is 0 Å². The normalized spacial score (nSPS) is 13.1. The molecule has 0 saturated carbocycles. The molecule has 5 heteroatoms. The fourth-order valence-electron chi connectivity index (χ4n) is 2.12. The Morgan fingerprint density at radius 2 is 1.52 bits per heavy atom. The SMILES string of the molecule is Cc1ccc(P(=O)([O-])C(=O)c2ccccc2)c(C)c1C.[Na+]. The first kappa shape index (κ1) is 18.3. The number of benzene rings is 2. The van der Waals surface area contributed by atoms with E-state index < -0.39 is 12.9 Å². The molecular formula is C16H16NaO3P. The third-order valence-corrected chi connectivity index (χ3v) is 5.55. The quantitative estimate of drug-likeness (QED) is 0.579. The predicted molar refractivity (Wildman–Crippen MR) is 78.7 cm³/mol. The first-order valence-corrected chi connectivity index (χ1v) is 7.96. The summed E-state index contributed by atoms with van der Waals surface area (Å²) in [5.74, 6) is 0. The maximum absolute atomic E-state index is 12.5. The molecule has 0 aliphatic heterocycles. The molecule has 0 radical (unpaired) electrons. The summed E-state index contributed by atoms with van der Waals surface area (Å²) >= 11 is 0. The molecule has 2 rings (SSSR count). The Labute approximate surface area is 147 Å². The molecule has 1 atom stereocenters. The van der Waals surface area contributed by atoms with Crippen LogP contribution in [0.4, 0.5) is 0 Å². The van der Waals surface area contributed by atoms with Gasteiger partial charge in [0.15, 0.2) is 0 Å². The molecule has 0 aromatic heterocycles. The minimum absolute atomic E-state index is 0. The van der Waals surface area contributed by atoms with Crippen molar-refractivity contribution in [3.8, 4) is 0 Å². The van der Waals surface area contributed by atoms with Crippen molar-refractivity contribution in [2.45, 2.75) is 20.8 Å². The molecule has 21 heavy (non-hydrogen) atoms. The molecule has 0 N–H and O–H groups in total. The Bertz CT molecular complexity index is 711. The molecule has 2 aromatic carbocycles. The molecule has 2 aromatic rings. The molecule has 0 fully saturated rings. The van der Waals surface area contributed by atoms with E-state index >= 15 is 0 Å².